The fourth-order valence-corrected chi connectivity index (χ4v) is 5.30. The zero-order chi connectivity index (χ0) is 29.3. The molecule has 1 fully saturated rings. The summed E-state index contributed by atoms with van der Waals surface area (Å²) in [6, 6.07) is 29.8. The minimum atomic E-state index is 0.447. The van der Waals surface area contributed by atoms with Gasteiger partial charge in [0.1, 0.15) is 17.2 Å². The van der Waals surface area contributed by atoms with Crippen LogP contribution in [0.5, 0.6) is 17.2 Å². The summed E-state index contributed by atoms with van der Waals surface area (Å²) in [5.41, 5.74) is 8.16. The van der Waals surface area contributed by atoms with Crippen molar-refractivity contribution in [3.05, 3.63) is 113 Å². The van der Waals surface area contributed by atoms with Crippen LogP contribution in [-0.2, 0) is 17.8 Å². The maximum absolute atomic E-state index is 10.0. The average Bonchev–Trinajstić information content (AvgIpc) is 3.52. The lowest BCUT2D eigenvalue weighted by atomic mass is 10.1. The molecular weight excluding hydrogens is 570 g/mol. The Kier molecular flexibility index (Phi) is 10.5. The van der Waals surface area contributed by atoms with Crippen molar-refractivity contribution in [2.24, 2.45) is 5.92 Å². The van der Waals surface area contributed by atoms with Crippen LogP contribution in [-0.4, -0.2) is 35.9 Å². The number of nitrogens with one attached hydrogen (secondary N) is 1. The van der Waals surface area contributed by atoms with Gasteiger partial charge < -0.3 is 19.1 Å². The van der Waals surface area contributed by atoms with Crippen molar-refractivity contribution in [3.63, 3.8) is 0 Å². The van der Waals surface area contributed by atoms with Gasteiger partial charge in [-0.05, 0) is 95.1 Å². The Morgan fingerprint density at radius 2 is 1.69 bits per heavy atom. The zero-order valence-electron chi connectivity index (χ0n) is 23.8. The molecule has 0 saturated carbocycles. The van der Waals surface area contributed by atoms with Crippen LogP contribution in [0, 0.1) is 12.8 Å². The summed E-state index contributed by atoms with van der Waals surface area (Å²) >= 11 is 7.50. The molecule has 1 atom stereocenters. The quantitative estimate of drug-likeness (QED) is 0.116. The molecule has 1 saturated heterocycles. The van der Waals surface area contributed by atoms with Crippen LogP contribution >= 0.6 is 23.5 Å². The predicted molar refractivity (Wildman–Crippen MR) is 171 cm³/mol. The van der Waals surface area contributed by atoms with Crippen molar-refractivity contribution < 1.29 is 19.4 Å². The fraction of sp³-hybridized carbons (Fsp3) is 0.273. The van der Waals surface area contributed by atoms with Gasteiger partial charge in [-0.1, -0.05) is 48.0 Å². The summed E-state index contributed by atoms with van der Waals surface area (Å²) in [7, 11) is 0. The maximum Gasteiger partial charge on any atom is 0.131 e. The molecule has 4 aromatic carbocycles. The van der Waals surface area contributed by atoms with Gasteiger partial charge in [0.25, 0.3) is 0 Å². The van der Waals surface area contributed by atoms with E-state index in [-0.39, 0.29) is 0 Å². The topological polar surface area (TPSA) is 66.4 Å². The zero-order valence-corrected chi connectivity index (χ0v) is 25.4. The lowest BCUT2D eigenvalue weighted by Crippen LogP contribution is -2.24. The van der Waals surface area contributed by atoms with E-state index in [2.05, 4.69) is 34.6 Å². The minimum absolute atomic E-state index is 0.447. The molecular formula is C33H36ClN3O4S. The van der Waals surface area contributed by atoms with Gasteiger partial charge in [-0.3, -0.25) is 10.6 Å². The Labute approximate surface area is 257 Å². The van der Waals surface area contributed by atoms with Crippen LogP contribution in [0.2, 0.25) is 5.02 Å². The number of hydrogen-bond acceptors (Lipinski definition) is 8. The third kappa shape index (κ3) is 8.33. The predicted octanol–water partition coefficient (Wildman–Crippen LogP) is 8.36. The van der Waals surface area contributed by atoms with Crippen molar-refractivity contribution in [2.45, 2.75) is 26.4 Å². The van der Waals surface area contributed by atoms with E-state index >= 15 is 0 Å². The van der Waals surface area contributed by atoms with Crippen molar-refractivity contribution in [3.8, 4) is 17.2 Å². The molecule has 0 aliphatic carbocycles. The van der Waals surface area contributed by atoms with Gasteiger partial charge in [0.15, 0.2) is 0 Å². The molecule has 0 radical (unpaired) electrons. The second-order valence-electron chi connectivity index (χ2n) is 10.3. The molecule has 1 aliphatic rings. The number of benzene rings is 4. The molecule has 5 rings (SSSR count). The molecule has 0 spiro atoms. The first kappa shape index (κ1) is 30.1. The van der Waals surface area contributed by atoms with Crippen LogP contribution in [0.4, 0.5) is 11.4 Å². The standard InChI is InChI=1S/C33H36ClN3O4S/c1-24-32(35-37(38)42-2)10-5-11-33(24)36(21-26-6-3-7-28(34)18-26)20-25-12-14-29(15-13-25)41-31-9-4-8-30(19-31)40-23-27-16-17-39-22-27/h3-15,18-19,27,35,38H,16-17,20-23H2,1-2H3. The van der Waals surface area contributed by atoms with Crippen LogP contribution in [0.3, 0.4) is 0 Å². The molecule has 1 aliphatic heterocycles. The van der Waals surface area contributed by atoms with Gasteiger partial charge in [0, 0.05) is 48.6 Å². The highest BCUT2D eigenvalue weighted by atomic mass is 35.5. The van der Waals surface area contributed by atoms with E-state index in [0.717, 1.165) is 69.5 Å². The van der Waals surface area contributed by atoms with E-state index in [0.29, 0.717) is 30.6 Å². The molecule has 2 N–H and O–H groups in total. The first-order valence-corrected chi connectivity index (χ1v) is 15.5. The highest BCUT2D eigenvalue weighted by Crippen LogP contribution is 2.31. The molecule has 4 aromatic rings. The van der Waals surface area contributed by atoms with Gasteiger partial charge in [0.05, 0.1) is 18.9 Å². The van der Waals surface area contributed by atoms with Crippen molar-refractivity contribution in [1.29, 1.82) is 0 Å². The third-order valence-corrected chi connectivity index (χ3v) is 7.82. The van der Waals surface area contributed by atoms with E-state index < -0.39 is 0 Å². The number of halogens is 1. The Bertz CT molecular complexity index is 1450. The van der Waals surface area contributed by atoms with Crippen LogP contribution in [0.1, 0.15) is 23.1 Å². The Morgan fingerprint density at radius 1 is 0.929 bits per heavy atom. The van der Waals surface area contributed by atoms with Gasteiger partial charge in [-0.25, -0.2) is 0 Å². The van der Waals surface area contributed by atoms with E-state index in [9.17, 15) is 5.21 Å². The first-order valence-electron chi connectivity index (χ1n) is 13.9. The summed E-state index contributed by atoms with van der Waals surface area (Å²) in [6.07, 6.45) is 2.84. The van der Waals surface area contributed by atoms with Crippen LogP contribution < -0.4 is 19.8 Å². The van der Waals surface area contributed by atoms with Gasteiger partial charge in [-0.2, -0.15) is 0 Å². The average molecular weight is 606 g/mol. The minimum Gasteiger partial charge on any atom is -0.493 e. The summed E-state index contributed by atoms with van der Waals surface area (Å²) in [5.74, 6) is 2.72. The Balaban J connectivity index is 1.30. The van der Waals surface area contributed by atoms with Crippen LogP contribution in [0.15, 0.2) is 91.0 Å². The number of nitrogens with zero attached hydrogens (tertiary/aromatic N) is 2. The summed E-state index contributed by atoms with van der Waals surface area (Å²) in [4.78, 5) is 2.30. The van der Waals surface area contributed by atoms with Crippen molar-refractivity contribution in [2.75, 3.05) is 36.4 Å². The van der Waals surface area contributed by atoms with E-state index in [1.807, 2.05) is 73.7 Å². The summed E-state index contributed by atoms with van der Waals surface area (Å²) in [5, 5.41) is 10.7. The SMILES string of the molecule is CSN(O)Nc1cccc(N(Cc2ccc(Oc3cccc(OCC4CCOC4)c3)cc2)Cc2cccc(Cl)c2)c1C. The molecule has 1 unspecified atom stereocenters. The maximum atomic E-state index is 10.0. The molecule has 7 nitrogen and oxygen atoms in total. The molecule has 0 aromatic heterocycles. The number of hydrogen-bond donors (Lipinski definition) is 2. The lowest BCUT2D eigenvalue weighted by Gasteiger charge is -2.28. The number of rotatable bonds is 13. The second-order valence-corrected chi connectivity index (χ2v) is 11.4. The molecule has 0 amide bonds. The molecule has 1 heterocycles. The number of anilines is 2. The Morgan fingerprint density at radius 3 is 2.45 bits per heavy atom. The second kappa shape index (κ2) is 14.7. The third-order valence-electron chi connectivity index (χ3n) is 7.15. The highest BCUT2D eigenvalue weighted by Gasteiger charge is 2.17. The first-order chi connectivity index (χ1) is 20.5. The van der Waals surface area contributed by atoms with Crippen molar-refractivity contribution >= 4 is 34.9 Å². The molecule has 220 valence electrons. The fourth-order valence-electron chi connectivity index (χ4n) is 4.89. The Hall–Kier alpha value is -3.40. The highest BCUT2D eigenvalue weighted by molar-refractivity contribution is 7.96. The van der Waals surface area contributed by atoms with Gasteiger partial charge in [0.2, 0.25) is 0 Å². The van der Waals surface area contributed by atoms with E-state index in [1.165, 1.54) is 11.9 Å². The van der Waals surface area contributed by atoms with E-state index in [1.54, 1.807) is 6.26 Å². The van der Waals surface area contributed by atoms with E-state index in [4.69, 9.17) is 25.8 Å². The number of ether oxygens (including phenoxy) is 3. The normalized spacial score (nSPS) is 14.6. The smallest absolute Gasteiger partial charge is 0.131 e. The molecule has 42 heavy (non-hydrogen) atoms. The largest absolute Gasteiger partial charge is 0.493 e. The summed E-state index contributed by atoms with van der Waals surface area (Å²) < 4.78 is 18.6. The van der Waals surface area contributed by atoms with Crippen molar-refractivity contribution in [1.82, 2.24) is 4.58 Å². The number of hydrazine groups is 1. The monoisotopic (exact) mass is 605 g/mol. The summed E-state index contributed by atoms with van der Waals surface area (Å²) in [6.45, 7) is 5.60. The van der Waals surface area contributed by atoms with Crippen LogP contribution in [0.25, 0.3) is 0 Å². The van der Waals surface area contributed by atoms with Gasteiger partial charge in [-0.15, -0.1) is 0 Å². The lowest BCUT2D eigenvalue weighted by molar-refractivity contribution is 0.0443. The molecule has 0 bridgehead atoms. The van der Waals surface area contributed by atoms with Gasteiger partial charge >= 0.3 is 0 Å². The molecule has 9 heteroatoms.